The summed E-state index contributed by atoms with van der Waals surface area (Å²) in [5.41, 5.74) is 1.71. The summed E-state index contributed by atoms with van der Waals surface area (Å²) in [6, 6.07) is 8.83. The molecular formula is C19H21NO4. The highest BCUT2D eigenvalue weighted by molar-refractivity contribution is 5.82. The largest absolute Gasteiger partial charge is 0.508 e. The van der Waals surface area contributed by atoms with Crippen molar-refractivity contribution in [3.05, 3.63) is 63.4 Å². The lowest BCUT2D eigenvalue weighted by molar-refractivity contribution is 0.285. The number of benzene rings is 1. The fourth-order valence-electron chi connectivity index (χ4n) is 2.90. The van der Waals surface area contributed by atoms with Crippen molar-refractivity contribution in [1.82, 2.24) is 4.90 Å². The van der Waals surface area contributed by atoms with Crippen molar-refractivity contribution >= 4 is 11.0 Å². The highest BCUT2D eigenvalue weighted by atomic mass is 16.4. The van der Waals surface area contributed by atoms with Crippen LogP contribution in [0.25, 0.3) is 11.0 Å². The highest BCUT2D eigenvalue weighted by Crippen LogP contribution is 2.27. The molecule has 0 unspecified atom stereocenters. The first-order valence-electron chi connectivity index (χ1n) is 7.98. The molecule has 0 fully saturated rings. The molecule has 0 spiro atoms. The van der Waals surface area contributed by atoms with Crippen molar-refractivity contribution in [3.8, 4) is 5.75 Å². The van der Waals surface area contributed by atoms with Crippen LogP contribution >= 0.6 is 0 Å². The molecule has 0 saturated heterocycles. The smallest absolute Gasteiger partial charge is 0.336 e. The Hall–Kier alpha value is -2.53. The van der Waals surface area contributed by atoms with Gasteiger partial charge in [0, 0.05) is 24.1 Å². The van der Waals surface area contributed by atoms with Gasteiger partial charge in [0.25, 0.3) is 0 Å². The van der Waals surface area contributed by atoms with E-state index in [0.29, 0.717) is 25.1 Å². The molecule has 1 N–H and O–H groups in total. The lowest BCUT2D eigenvalue weighted by Gasteiger charge is -2.16. The van der Waals surface area contributed by atoms with Gasteiger partial charge in [-0.3, -0.25) is 4.90 Å². The molecular weight excluding hydrogens is 306 g/mol. The van der Waals surface area contributed by atoms with Crippen LogP contribution in [0, 0.1) is 6.92 Å². The first-order valence-corrected chi connectivity index (χ1v) is 7.98. The van der Waals surface area contributed by atoms with E-state index in [1.807, 2.05) is 39.1 Å². The fraction of sp³-hybridized carbons (Fsp3) is 0.316. The second-order valence-electron chi connectivity index (χ2n) is 6.11. The summed E-state index contributed by atoms with van der Waals surface area (Å²) in [6.45, 7) is 5.12. The van der Waals surface area contributed by atoms with Crippen LogP contribution in [0.1, 0.15) is 29.6 Å². The molecule has 5 heteroatoms. The third-order valence-electron chi connectivity index (χ3n) is 4.07. The number of furan rings is 1. The topological polar surface area (TPSA) is 66.8 Å². The molecule has 3 aromatic rings. The van der Waals surface area contributed by atoms with Gasteiger partial charge in [-0.15, -0.1) is 0 Å². The van der Waals surface area contributed by atoms with Crippen LogP contribution in [-0.2, 0) is 19.5 Å². The third kappa shape index (κ3) is 3.36. The minimum atomic E-state index is -0.414. The molecule has 0 radical (unpaired) electrons. The van der Waals surface area contributed by atoms with Crippen molar-refractivity contribution < 1.29 is 13.9 Å². The Morgan fingerprint density at radius 3 is 2.54 bits per heavy atom. The van der Waals surface area contributed by atoms with Gasteiger partial charge in [0.1, 0.15) is 22.9 Å². The molecule has 2 heterocycles. The second kappa shape index (κ2) is 6.53. The summed E-state index contributed by atoms with van der Waals surface area (Å²) >= 11 is 0. The Morgan fingerprint density at radius 1 is 1.08 bits per heavy atom. The summed E-state index contributed by atoms with van der Waals surface area (Å²) in [4.78, 5) is 13.9. The van der Waals surface area contributed by atoms with Gasteiger partial charge in [0.2, 0.25) is 0 Å². The van der Waals surface area contributed by atoms with E-state index in [4.69, 9.17) is 8.83 Å². The van der Waals surface area contributed by atoms with E-state index in [9.17, 15) is 9.90 Å². The molecule has 0 bridgehead atoms. The number of aromatic hydroxyl groups is 1. The minimum absolute atomic E-state index is 0.157. The van der Waals surface area contributed by atoms with E-state index >= 15 is 0 Å². The highest BCUT2D eigenvalue weighted by Gasteiger charge is 2.12. The summed E-state index contributed by atoms with van der Waals surface area (Å²) in [5, 5.41) is 10.8. The van der Waals surface area contributed by atoms with Crippen molar-refractivity contribution in [3.63, 3.8) is 0 Å². The zero-order chi connectivity index (χ0) is 17.3. The van der Waals surface area contributed by atoms with Crippen molar-refractivity contribution in [2.75, 3.05) is 7.05 Å². The number of phenols is 1. The lowest BCUT2D eigenvalue weighted by Crippen LogP contribution is -2.18. The number of hydrogen-bond acceptors (Lipinski definition) is 5. The van der Waals surface area contributed by atoms with Crippen LogP contribution in [0.15, 0.2) is 44.0 Å². The zero-order valence-corrected chi connectivity index (χ0v) is 14.1. The summed E-state index contributed by atoms with van der Waals surface area (Å²) < 4.78 is 10.8. The second-order valence-corrected chi connectivity index (χ2v) is 6.11. The Balaban J connectivity index is 1.94. The molecule has 0 amide bonds. The first kappa shape index (κ1) is 16.3. The predicted octanol–water partition coefficient (Wildman–Crippen LogP) is 3.59. The van der Waals surface area contributed by atoms with Gasteiger partial charge < -0.3 is 13.9 Å². The normalized spacial score (nSPS) is 11.5. The van der Waals surface area contributed by atoms with Gasteiger partial charge in [-0.1, -0.05) is 6.92 Å². The number of nitrogens with zero attached hydrogens (tertiary/aromatic N) is 1. The maximum absolute atomic E-state index is 11.8. The molecule has 5 nitrogen and oxygen atoms in total. The maximum Gasteiger partial charge on any atom is 0.336 e. The van der Waals surface area contributed by atoms with Crippen LogP contribution in [0.2, 0.25) is 0 Å². The first-order chi connectivity index (χ1) is 11.5. The van der Waals surface area contributed by atoms with Gasteiger partial charge in [-0.05, 0) is 49.7 Å². The molecule has 0 saturated carbocycles. The van der Waals surface area contributed by atoms with E-state index in [1.165, 1.54) is 12.1 Å². The molecule has 24 heavy (non-hydrogen) atoms. The minimum Gasteiger partial charge on any atom is -0.508 e. The number of rotatable bonds is 5. The van der Waals surface area contributed by atoms with E-state index < -0.39 is 5.63 Å². The van der Waals surface area contributed by atoms with Gasteiger partial charge in [-0.2, -0.15) is 0 Å². The SMILES string of the molecule is CCc1cc2c(CN(C)Cc3ccc(C)o3)cc(=O)oc2cc1O. The van der Waals surface area contributed by atoms with Crippen LogP contribution < -0.4 is 5.63 Å². The molecule has 0 atom stereocenters. The Kier molecular flexibility index (Phi) is 4.44. The van der Waals surface area contributed by atoms with Gasteiger partial charge >= 0.3 is 5.63 Å². The van der Waals surface area contributed by atoms with Crippen LogP contribution in [0.4, 0.5) is 0 Å². The van der Waals surface area contributed by atoms with Crippen LogP contribution in [0.3, 0.4) is 0 Å². The van der Waals surface area contributed by atoms with E-state index in [2.05, 4.69) is 4.90 Å². The van der Waals surface area contributed by atoms with Gasteiger partial charge in [0.05, 0.1) is 6.54 Å². The molecule has 0 aliphatic carbocycles. The number of phenolic OH excluding ortho intramolecular Hbond substituents is 1. The summed E-state index contributed by atoms with van der Waals surface area (Å²) in [6.07, 6.45) is 0.710. The monoisotopic (exact) mass is 327 g/mol. The third-order valence-corrected chi connectivity index (χ3v) is 4.07. The molecule has 1 aromatic carbocycles. The predicted molar refractivity (Wildman–Crippen MR) is 92.1 cm³/mol. The number of hydrogen-bond donors (Lipinski definition) is 1. The number of aryl methyl sites for hydroxylation is 2. The zero-order valence-electron chi connectivity index (χ0n) is 14.1. The average Bonchev–Trinajstić information content (AvgIpc) is 2.91. The molecule has 0 aliphatic heterocycles. The average molecular weight is 327 g/mol. The molecule has 0 aliphatic rings. The fourth-order valence-corrected chi connectivity index (χ4v) is 2.90. The van der Waals surface area contributed by atoms with Crippen molar-refractivity contribution in [2.24, 2.45) is 0 Å². The Bertz CT molecular complexity index is 923. The quantitative estimate of drug-likeness (QED) is 0.725. The summed E-state index contributed by atoms with van der Waals surface area (Å²) in [5.74, 6) is 1.92. The maximum atomic E-state index is 11.8. The summed E-state index contributed by atoms with van der Waals surface area (Å²) in [7, 11) is 1.97. The van der Waals surface area contributed by atoms with E-state index in [0.717, 1.165) is 28.0 Å². The standard InChI is InChI=1S/C19H21NO4/c1-4-13-7-16-14(8-19(22)24-18(16)9-17(13)21)10-20(3)11-15-6-5-12(2)23-15/h5-9,21H,4,10-11H2,1-3H3. The van der Waals surface area contributed by atoms with Crippen LogP contribution in [-0.4, -0.2) is 17.1 Å². The Labute approximate surface area is 140 Å². The molecule has 2 aromatic heterocycles. The molecule has 3 rings (SSSR count). The lowest BCUT2D eigenvalue weighted by atomic mass is 10.0. The van der Waals surface area contributed by atoms with E-state index in [-0.39, 0.29) is 5.75 Å². The molecule has 126 valence electrons. The van der Waals surface area contributed by atoms with Gasteiger partial charge in [-0.25, -0.2) is 4.79 Å². The van der Waals surface area contributed by atoms with Crippen molar-refractivity contribution in [2.45, 2.75) is 33.4 Å². The van der Waals surface area contributed by atoms with Gasteiger partial charge in [0.15, 0.2) is 0 Å². The Morgan fingerprint density at radius 2 is 1.88 bits per heavy atom. The number of fused-ring (bicyclic) bond motifs is 1. The van der Waals surface area contributed by atoms with Crippen LogP contribution in [0.5, 0.6) is 5.75 Å². The van der Waals surface area contributed by atoms with E-state index in [1.54, 1.807) is 0 Å². The van der Waals surface area contributed by atoms with Crippen molar-refractivity contribution in [1.29, 1.82) is 0 Å².